The molecule has 148 valence electrons. The summed E-state index contributed by atoms with van der Waals surface area (Å²) in [6.07, 6.45) is 0.995. The number of nitrogens with one attached hydrogen (secondary N) is 1. The third-order valence-corrected chi connectivity index (χ3v) is 3.83. The van der Waals surface area contributed by atoms with Gasteiger partial charge in [-0.3, -0.25) is 9.79 Å². The van der Waals surface area contributed by atoms with Crippen LogP contribution in [-0.2, 0) is 9.53 Å². The highest BCUT2D eigenvalue weighted by molar-refractivity contribution is 6.23. The van der Waals surface area contributed by atoms with E-state index in [2.05, 4.69) is 10.3 Å². The molecular weight excluding hydrogens is 332 g/mol. The summed E-state index contributed by atoms with van der Waals surface area (Å²) in [5.41, 5.74) is 0.222. The van der Waals surface area contributed by atoms with Crippen LogP contribution in [0.4, 0.5) is 4.79 Å². The fraction of sp³-hybridized carbons (Fsp3) is 0.750. The Kier molecular flexibility index (Phi) is 7.42. The number of carbonyl (C=O) groups is 2. The molecular formula is C20H34N2O4. The summed E-state index contributed by atoms with van der Waals surface area (Å²) in [5.74, 6) is 0.375. The van der Waals surface area contributed by atoms with Crippen LogP contribution in [0.3, 0.4) is 0 Å². The van der Waals surface area contributed by atoms with Crippen LogP contribution in [0, 0.1) is 11.3 Å². The third-order valence-electron chi connectivity index (χ3n) is 3.83. The first-order chi connectivity index (χ1) is 11.8. The molecule has 0 radical (unpaired) electrons. The van der Waals surface area contributed by atoms with E-state index in [0.29, 0.717) is 49.6 Å². The van der Waals surface area contributed by atoms with Crippen LogP contribution in [0.5, 0.6) is 0 Å². The Bertz CT molecular complexity index is 595. The average molecular weight is 367 g/mol. The van der Waals surface area contributed by atoms with E-state index in [9.17, 15) is 14.7 Å². The van der Waals surface area contributed by atoms with E-state index in [1.807, 2.05) is 27.7 Å². The van der Waals surface area contributed by atoms with Crippen molar-refractivity contribution in [3.05, 3.63) is 11.3 Å². The Morgan fingerprint density at radius 3 is 2.42 bits per heavy atom. The minimum absolute atomic E-state index is 0.0572. The third kappa shape index (κ3) is 7.58. The zero-order chi connectivity index (χ0) is 20.1. The van der Waals surface area contributed by atoms with E-state index in [0.717, 1.165) is 0 Å². The number of Topliss-reactive ketones (excluding diaryl/α,β-unsaturated/α-hetero) is 1. The molecule has 0 aliphatic heterocycles. The largest absolute Gasteiger partial charge is 0.511 e. The van der Waals surface area contributed by atoms with Gasteiger partial charge in [-0.25, -0.2) is 4.79 Å². The lowest BCUT2D eigenvalue weighted by molar-refractivity contribution is -0.118. The molecule has 0 heterocycles. The molecule has 0 atom stereocenters. The van der Waals surface area contributed by atoms with Crippen molar-refractivity contribution in [2.24, 2.45) is 16.3 Å². The van der Waals surface area contributed by atoms with Crippen molar-refractivity contribution in [1.82, 2.24) is 5.32 Å². The molecule has 1 rings (SSSR count). The van der Waals surface area contributed by atoms with Gasteiger partial charge in [0.15, 0.2) is 5.78 Å². The Labute approximate surface area is 157 Å². The smallest absolute Gasteiger partial charge is 0.407 e. The van der Waals surface area contributed by atoms with Crippen LogP contribution in [0.15, 0.2) is 16.3 Å². The lowest BCUT2D eigenvalue weighted by Crippen LogP contribution is -2.34. The number of rotatable bonds is 6. The van der Waals surface area contributed by atoms with Gasteiger partial charge in [-0.1, -0.05) is 27.7 Å². The second-order valence-corrected chi connectivity index (χ2v) is 9.12. The van der Waals surface area contributed by atoms with E-state index < -0.39 is 11.7 Å². The number of aliphatic hydroxyl groups is 1. The molecule has 2 N–H and O–H groups in total. The van der Waals surface area contributed by atoms with Crippen LogP contribution >= 0.6 is 0 Å². The number of carbonyl (C=O) groups excluding carboxylic acids is 2. The molecule has 26 heavy (non-hydrogen) atoms. The topological polar surface area (TPSA) is 88.0 Å². The van der Waals surface area contributed by atoms with Crippen molar-refractivity contribution >= 4 is 17.6 Å². The van der Waals surface area contributed by atoms with Gasteiger partial charge in [0.1, 0.15) is 11.4 Å². The van der Waals surface area contributed by atoms with Gasteiger partial charge in [0.25, 0.3) is 0 Å². The SMILES string of the molecule is CC(C)CC(=NCCNC(=O)OC(C)(C)C)C1=C(O)CC(C)(C)CC1=O. The van der Waals surface area contributed by atoms with Crippen molar-refractivity contribution < 1.29 is 19.4 Å². The maximum Gasteiger partial charge on any atom is 0.407 e. The second-order valence-electron chi connectivity index (χ2n) is 9.12. The number of aliphatic hydroxyl groups excluding tert-OH is 1. The zero-order valence-electron chi connectivity index (χ0n) is 17.2. The first-order valence-electron chi connectivity index (χ1n) is 9.26. The van der Waals surface area contributed by atoms with Crippen molar-refractivity contribution in [1.29, 1.82) is 0 Å². The maximum atomic E-state index is 12.6. The number of hydrogen-bond acceptors (Lipinski definition) is 5. The highest BCUT2D eigenvalue weighted by atomic mass is 16.6. The highest BCUT2D eigenvalue weighted by Gasteiger charge is 2.35. The highest BCUT2D eigenvalue weighted by Crippen LogP contribution is 2.36. The molecule has 6 nitrogen and oxygen atoms in total. The number of aliphatic imine (C=N–C) groups is 1. The van der Waals surface area contributed by atoms with E-state index >= 15 is 0 Å². The molecule has 0 saturated carbocycles. The summed E-state index contributed by atoms with van der Waals surface area (Å²) in [5, 5.41) is 13.1. The fourth-order valence-corrected chi connectivity index (χ4v) is 2.91. The number of hydrogen-bond donors (Lipinski definition) is 2. The van der Waals surface area contributed by atoms with Gasteiger partial charge in [-0.2, -0.15) is 0 Å². The summed E-state index contributed by atoms with van der Waals surface area (Å²) < 4.78 is 5.18. The van der Waals surface area contributed by atoms with Gasteiger partial charge in [-0.15, -0.1) is 0 Å². The van der Waals surface area contributed by atoms with Crippen LogP contribution in [0.2, 0.25) is 0 Å². The molecule has 0 aromatic rings. The summed E-state index contributed by atoms with van der Waals surface area (Å²) >= 11 is 0. The van der Waals surface area contributed by atoms with Gasteiger partial charge in [-0.05, 0) is 38.5 Å². The van der Waals surface area contributed by atoms with Gasteiger partial charge < -0.3 is 15.2 Å². The number of allylic oxidation sites excluding steroid dienone is 2. The zero-order valence-corrected chi connectivity index (χ0v) is 17.2. The molecule has 1 aliphatic rings. The van der Waals surface area contributed by atoms with E-state index in [-0.39, 0.29) is 17.0 Å². The molecule has 1 aliphatic carbocycles. The Hall–Kier alpha value is -1.85. The minimum Gasteiger partial charge on any atom is -0.511 e. The standard InChI is InChI=1S/C20H34N2O4/c1-13(2)10-14(17-15(23)11-20(6,7)12-16(17)24)21-8-9-22-18(25)26-19(3,4)5/h13,23H,8-12H2,1-7H3,(H,22,25). The van der Waals surface area contributed by atoms with Crippen LogP contribution in [0.1, 0.15) is 67.7 Å². The number of alkyl carbamates (subject to hydrolysis) is 1. The normalized spacial score (nSPS) is 18.3. The molecule has 1 amide bonds. The number of ketones is 1. The van der Waals surface area contributed by atoms with Gasteiger partial charge >= 0.3 is 6.09 Å². The van der Waals surface area contributed by atoms with Crippen LogP contribution in [-0.4, -0.2) is 41.4 Å². The summed E-state index contributed by atoms with van der Waals surface area (Å²) in [6.45, 7) is 14.1. The summed E-state index contributed by atoms with van der Waals surface area (Å²) in [4.78, 5) is 28.7. The summed E-state index contributed by atoms with van der Waals surface area (Å²) in [7, 11) is 0. The number of amides is 1. The maximum absolute atomic E-state index is 12.6. The quantitative estimate of drug-likeness (QED) is 0.545. The van der Waals surface area contributed by atoms with Crippen molar-refractivity contribution in [2.45, 2.75) is 73.3 Å². The van der Waals surface area contributed by atoms with Gasteiger partial charge in [0.05, 0.1) is 12.1 Å². The van der Waals surface area contributed by atoms with Crippen molar-refractivity contribution in [3.8, 4) is 0 Å². The molecule has 0 unspecified atom stereocenters. The van der Waals surface area contributed by atoms with Gasteiger partial charge in [0, 0.05) is 25.1 Å². The predicted octanol–water partition coefficient (Wildman–Crippen LogP) is 4.20. The molecule has 6 heteroatoms. The monoisotopic (exact) mass is 366 g/mol. The molecule has 0 aromatic carbocycles. The molecule has 0 saturated heterocycles. The van der Waals surface area contributed by atoms with Crippen LogP contribution < -0.4 is 5.32 Å². The average Bonchev–Trinajstić information content (AvgIpc) is 2.38. The number of ether oxygens (including phenoxy) is 1. The Balaban J connectivity index is 2.83. The summed E-state index contributed by atoms with van der Waals surface area (Å²) in [6, 6.07) is 0. The molecule has 0 aromatic heterocycles. The second kappa shape index (κ2) is 8.69. The van der Waals surface area contributed by atoms with Crippen molar-refractivity contribution in [2.75, 3.05) is 13.1 Å². The number of nitrogens with zero attached hydrogens (tertiary/aromatic N) is 1. The van der Waals surface area contributed by atoms with E-state index in [1.165, 1.54) is 0 Å². The molecule has 0 spiro atoms. The first-order valence-corrected chi connectivity index (χ1v) is 9.26. The van der Waals surface area contributed by atoms with Crippen LogP contribution in [0.25, 0.3) is 0 Å². The lowest BCUT2D eigenvalue weighted by Gasteiger charge is -2.30. The van der Waals surface area contributed by atoms with E-state index in [1.54, 1.807) is 20.8 Å². The molecule has 0 bridgehead atoms. The van der Waals surface area contributed by atoms with Crippen molar-refractivity contribution in [3.63, 3.8) is 0 Å². The lowest BCUT2D eigenvalue weighted by atomic mass is 9.75. The predicted molar refractivity (Wildman–Crippen MR) is 104 cm³/mol. The Morgan fingerprint density at radius 2 is 1.92 bits per heavy atom. The minimum atomic E-state index is -0.548. The Morgan fingerprint density at radius 1 is 1.31 bits per heavy atom. The fourth-order valence-electron chi connectivity index (χ4n) is 2.91. The van der Waals surface area contributed by atoms with Gasteiger partial charge in [0.2, 0.25) is 0 Å². The van der Waals surface area contributed by atoms with E-state index in [4.69, 9.17) is 4.74 Å². The molecule has 0 fully saturated rings. The first kappa shape index (κ1) is 22.2.